The van der Waals surface area contributed by atoms with Crippen LogP contribution in [-0.2, 0) is 16.1 Å². The normalized spacial score (nSPS) is 28.2. The van der Waals surface area contributed by atoms with Gasteiger partial charge in [0.25, 0.3) is 0 Å². The first-order chi connectivity index (χ1) is 12.7. The van der Waals surface area contributed by atoms with Crippen LogP contribution in [0.2, 0.25) is 0 Å². The van der Waals surface area contributed by atoms with Crippen LogP contribution in [0.5, 0.6) is 0 Å². The van der Waals surface area contributed by atoms with Crippen molar-refractivity contribution in [2.45, 2.75) is 56.9 Å². The van der Waals surface area contributed by atoms with E-state index in [1.165, 1.54) is 12.8 Å². The van der Waals surface area contributed by atoms with Crippen molar-refractivity contribution in [3.05, 3.63) is 30.1 Å². The van der Waals surface area contributed by atoms with Crippen molar-refractivity contribution >= 4 is 11.9 Å². The second kappa shape index (κ2) is 7.61. The Kier molecular flexibility index (Phi) is 5.06. The van der Waals surface area contributed by atoms with E-state index in [9.17, 15) is 9.59 Å². The summed E-state index contributed by atoms with van der Waals surface area (Å²) in [4.78, 5) is 31.0. The van der Waals surface area contributed by atoms with Gasteiger partial charge < -0.3 is 20.3 Å². The maximum atomic E-state index is 12.6. The molecule has 4 rings (SSSR count). The molecule has 2 N–H and O–H groups in total. The molecule has 1 saturated carbocycles. The second-order valence-corrected chi connectivity index (χ2v) is 7.55. The lowest BCUT2D eigenvalue weighted by Gasteiger charge is -2.33. The van der Waals surface area contributed by atoms with Gasteiger partial charge in [0.05, 0.1) is 18.1 Å². The molecule has 3 aliphatic rings. The van der Waals surface area contributed by atoms with Crippen molar-refractivity contribution in [2.75, 3.05) is 13.1 Å². The Hall–Kier alpha value is -2.15. The summed E-state index contributed by atoms with van der Waals surface area (Å²) in [7, 11) is 0. The molecule has 3 amide bonds. The third kappa shape index (κ3) is 3.82. The van der Waals surface area contributed by atoms with Crippen LogP contribution in [0.25, 0.3) is 0 Å². The topological polar surface area (TPSA) is 83.6 Å². The Balaban J connectivity index is 1.30. The molecule has 2 bridgehead atoms. The fourth-order valence-corrected chi connectivity index (χ4v) is 4.26. The summed E-state index contributed by atoms with van der Waals surface area (Å²) in [6.45, 7) is 1.52. The van der Waals surface area contributed by atoms with E-state index >= 15 is 0 Å². The summed E-state index contributed by atoms with van der Waals surface area (Å²) >= 11 is 0. The number of morpholine rings is 1. The molecule has 0 unspecified atom stereocenters. The number of carbonyl (C=O) groups excluding carboxylic acids is 2. The molecular formula is C19H26N4O3. The zero-order valence-corrected chi connectivity index (χ0v) is 14.9. The highest BCUT2D eigenvalue weighted by molar-refractivity contribution is 5.80. The van der Waals surface area contributed by atoms with E-state index in [0.29, 0.717) is 32.1 Å². The molecule has 1 aromatic rings. The Morgan fingerprint density at radius 3 is 2.88 bits per heavy atom. The minimum absolute atomic E-state index is 0.000552. The van der Waals surface area contributed by atoms with Gasteiger partial charge in [-0.2, -0.15) is 0 Å². The quantitative estimate of drug-likeness (QED) is 0.853. The summed E-state index contributed by atoms with van der Waals surface area (Å²) in [5.74, 6) is -0.194. The second-order valence-electron chi connectivity index (χ2n) is 7.55. The van der Waals surface area contributed by atoms with E-state index in [-0.39, 0.29) is 30.1 Å². The fraction of sp³-hybridized carbons (Fsp3) is 0.632. The predicted octanol–water partition coefficient (Wildman–Crippen LogP) is 1.44. The van der Waals surface area contributed by atoms with Crippen LogP contribution in [-0.4, -0.2) is 53.2 Å². The van der Waals surface area contributed by atoms with E-state index < -0.39 is 0 Å². The van der Waals surface area contributed by atoms with Crippen LogP contribution in [0.15, 0.2) is 24.5 Å². The molecule has 0 spiro atoms. The molecule has 1 aliphatic carbocycles. The zero-order chi connectivity index (χ0) is 17.9. The molecule has 3 fully saturated rings. The lowest BCUT2D eigenvalue weighted by atomic mass is 9.99. The van der Waals surface area contributed by atoms with Crippen molar-refractivity contribution in [3.8, 4) is 0 Å². The van der Waals surface area contributed by atoms with Crippen molar-refractivity contribution in [3.63, 3.8) is 0 Å². The van der Waals surface area contributed by atoms with Gasteiger partial charge in [0.2, 0.25) is 5.91 Å². The Morgan fingerprint density at radius 2 is 2.12 bits per heavy atom. The number of urea groups is 1. The molecule has 7 heteroatoms. The highest BCUT2D eigenvalue weighted by atomic mass is 16.5. The van der Waals surface area contributed by atoms with Gasteiger partial charge in [0.15, 0.2) is 0 Å². The summed E-state index contributed by atoms with van der Waals surface area (Å²) < 4.78 is 5.94. The van der Waals surface area contributed by atoms with Gasteiger partial charge >= 0.3 is 6.03 Å². The number of aromatic nitrogens is 1. The summed E-state index contributed by atoms with van der Waals surface area (Å²) in [6.07, 6.45) is 8.41. The Morgan fingerprint density at radius 1 is 1.27 bits per heavy atom. The van der Waals surface area contributed by atoms with Crippen molar-refractivity contribution in [2.24, 2.45) is 5.92 Å². The molecule has 140 valence electrons. The summed E-state index contributed by atoms with van der Waals surface area (Å²) in [6, 6.07) is 4.09. The highest BCUT2D eigenvalue weighted by Crippen LogP contribution is 2.32. The Labute approximate surface area is 153 Å². The fourth-order valence-electron chi connectivity index (χ4n) is 4.26. The van der Waals surface area contributed by atoms with Crippen LogP contribution in [0.3, 0.4) is 0 Å². The predicted molar refractivity (Wildman–Crippen MR) is 95.2 cm³/mol. The monoisotopic (exact) mass is 358 g/mol. The van der Waals surface area contributed by atoms with Gasteiger partial charge in [0, 0.05) is 38.1 Å². The van der Waals surface area contributed by atoms with E-state index in [4.69, 9.17) is 4.74 Å². The van der Waals surface area contributed by atoms with Gasteiger partial charge in [-0.3, -0.25) is 9.78 Å². The lowest BCUT2D eigenvalue weighted by molar-refractivity contribution is -0.127. The number of ether oxygens (including phenoxy) is 1. The van der Waals surface area contributed by atoms with E-state index in [2.05, 4.69) is 15.6 Å². The molecule has 3 atom stereocenters. The first-order valence-corrected chi connectivity index (χ1v) is 9.56. The highest BCUT2D eigenvalue weighted by Gasteiger charge is 2.45. The summed E-state index contributed by atoms with van der Waals surface area (Å²) in [5, 5.41) is 6.11. The van der Waals surface area contributed by atoms with Crippen molar-refractivity contribution < 1.29 is 14.3 Å². The maximum Gasteiger partial charge on any atom is 0.317 e. The van der Waals surface area contributed by atoms with Crippen molar-refractivity contribution in [1.29, 1.82) is 0 Å². The molecule has 2 saturated heterocycles. The number of pyridine rings is 1. The zero-order valence-electron chi connectivity index (χ0n) is 14.9. The molecule has 3 heterocycles. The molecular weight excluding hydrogens is 332 g/mol. The molecule has 26 heavy (non-hydrogen) atoms. The number of hydrogen-bond acceptors (Lipinski definition) is 4. The average Bonchev–Trinajstić information content (AvgIpc) is 3.27. The van der Waals surface area contributed by atoms with Gasteiger partial charge in [-0.1, -0.05) is 18.9 Å². The number of likely N-dealkylation sites (tertiary alicyclic amines) is 1. The number of fused-ring (bicyclic) bond motifs is 2. The first-order valence-electron chi connectivity index (χ1n) is 9.56. The molecule has 0 radical (unpaired) electrons. The van der Waals surface area contributed by atoms with E-state index in [1.54, 1.807) is 12.4 Å². The standard InChI is InChI=1S/C19H26N4O3/c24-18(21-10-13-4-3-7-20-9-13)16-8-15-11-23(12-17(16)26-15)19(25)22-14-5-1-2-6-14/h3-4,7,9,14-17H,1-2,5-6,8,10-12H2,(H,21,24)(H,22,25)/t15-,16+,17-/m1/s1. The van der Waals surface area contributed by atoms with Crippen LogP contribution in [0.4, 0.5) is 4.79 Å². The smallest absolute Gasteiger partial charge is 0.317 e. The van der Waals surface area contributed by atoms with Crippen LogP contribution in [0.1, 0.15) is 37.7 Å². The minimum atomic E-state index is -0.211. The SMILES string of the molecule is O=C(NCc1cccnc1)[C@H]1C[C@@H]2CN(C(=O)NC3CCCC3)C[C@H]1O2. The van der Waals surface area contributed by atoms with Crippen LogP contribution < -0.4 is 10.6 Å². The number of carbonyl (C=O) groups is 2. The molecule has 7 nitrogen and oxygen atoms in total. The third-order valence-corrected chi connectivity index (χ3v) is 5.65. The van der Waals surface area contributed by atoms with E-state index in [1.807, 2.05) is 17.0 Å². The lowest BCUT2D eigenvalue weighted by Crippen LogP contribution is -2.52. The maximum absolute atomic E-state index is 12.6. The number of nitrogens with zero attached hydrogens (tertiary/aromatic N) is 2. The van der Waals surface area contributed by atoms with Gasteiger partial charge in [-0.25, -0.2) is 4.79 Å². The van der Waals surface area contributed by atoms with Gasteiger partial charge in [-0.15, -0.1) is 0 Å². The number of amides is 3. The number of rotatable bonds is 4. The first kappa shape index (κ1) is 17.3. The Bertz CT molecular complexity index is 647. The minimum Gasteiger partial charge on any atom is -0.370 e. The average molecular weight is 358 g/mol. The number of hydrogen-bond donors (Lipinski definition) is 2. The largest absolute Gasteiger partial charge is 0.370 e. The molecule has 2 aliphatic heterocycles. The van der Waals surface area contributed by atoms with Crippen LogP contribution >= 0.6 is 0 Å². The molecule has 0 aromatic carbocycles. The van der Waals surface area contributed by atoms with E-state index in [0.717, 1.165) is 18.4 Å². The van der Waals surface area contributed by atoms with Gasteiger partial charge in [-0.05, 0) is 30.9 Å². The molecule has 1 aromatic heterocycles. The summed E-state index contributed by atoms with van der Waals surface area (Å²) in [5.41, 5.74) is 0.973. The number of nitrogens with one attached hydrogen (secondary N) is 2. The van der Waals surface area contributed by atoms with Crippen LogP contribution in [0, 0.1) is 5.92 Å². The third-order valence-electron chi connectivity index (χ3n) is 5.65. The van der Waals surface area contributed by atoms with Gasteiger partial charge in [0.1, 0.15) is 0 Å². The van der Waals surface area contributed by atoms with Crippen molar-refractivity contribution in [1.82, 2.24) is 20.5 Å².